The predicted octanol–water partition coefficient (Wildman–Crippen LogP) is 2.27. The Labute approximate surface area is 164 Å². The Bertz CT molecular complexity index is 1150. The lowest BCUT2D eigenvalue weighted by Gasteiger charge is -2.12. The number of para-hydroxylation sites is 1. The molecule has 144 valence electrons. The lowest BCUT2D eigenvalue weighted by Crippen LogP contribution is -2.42. The van der Waals surface area contributed by atoms with E-state index in [9.17, 15) is 14.0 Å². The molecule has 0 atom stereocenters. The van der Waals surface area contributed by atoms with E-state index in [1.807, 2.05) is 0 Å². The van der Waals surface area contributed by atoms with Crippen LogP contribution >= 0.6 is 0 Å². The van der Waals surface area contributed by atoms with Crippen molar-refractivity contribution in [1.29, 1.82) is 0 Å². The van der Waals surface area contributed by atoms with Gasteiger partial charge in [-0.2, -0.15) is 5.10 Å². The summed E-state index contributed by atoms with van der Waals surface area (Å²) in [7, 11) is 0. The maximum atomic E-state index is 14.3. The molecule has 0 saturated heterocycles. The van der Waals surface area contributed by atoms with E-state index in [1.54, 1.807) is 59.4 Å². The molecule has 4 aromatic rings. The van der Waals surface area contributed by atoms with Gasteiger partial charge in [0.05, 0.1) is 6.20 Å². The van der Waals surface area contributed by atoms with Gasteiger partial charge < -0.3 is 4.57 Å². The predicted molar refractivity (Wildman–Crippen MR) is 102 cm³/mol. The van der Waals surface area contributed by atoms with Gasteiger partial charge in [-0.25, -0.2) is 9.07 Å². The maximum absolute atomic E-state index is 14.3. The molecule has 0 radical (unpaired) electrons. The third-order valence-corrected chi connectivity index (χ3v) is 4.11. The van der Waals surface area contributed by atoms with Crippen molar-refractivity contribution in [2.45, 2.75) is 0 Å². The smallest absolute Gasteiger partial charge is 0.288 e. The minimum absolute atomic E-state index is 0.144. The summed E-state index contributed by atoms with van der Waals surface area (Å²) in [6.45, 7) is 0. The van der Waals surface area contributed by atoms with Crippen LogP contribution in [0.5, 0.6) is 0 Å². The van der Waals surface area contributed by atoms with Crippen LogP contribution in [0.15, 0.2) is 79.4 Å². The van der Waals surface area contributed by atoms with Gasteiger partial charge in [-0.15, -0.1) is 0 Å². The molecule has 0 saturated carbocycles. The van der Waals surface area contributed by atoms with Gasteiger partial charge in [0.15, 0.2) is 5.82 Å². The van der Waals surface area contributed by atoms with Gasteiger partial charge in [0.1, 0.15) is 22.8 Å². The van der Waals surface area contributed by atoms with Crippen LogP contribution in [0.1, 0.15) is 20.8 Å². The molecule has 0 aliphatic heterocycles. The molecule has 0 aliphatic carbocycles. The van der Waals surface area contributed by atoms with Crippen molar-refractivity contribution in [2.24, 2.45) is 0 Å². The summed E-state index contributed by atoms with van der Waals surface area (Å²) in [5.74, 6) is -1.34. The number of pyridine rings is 1. The summed E-state index contributed by atoms with van der Waals surface area (Å²) in [5, 5.41) is 4.18. The summed E-state index contributed by atoms with van der Waals surface area (Å²) in [5.41, 5.74) is 5.13. The first-order valence-electron chi connectivity index (χ1n) is 8.63. The number of aromatic nitrogens is 4. The zero-order valence-corrected chi connectivity index (χ0v) is 15.0. The number of amides is 2. The number of nitrogens with one attached hydrogen (secondary N) is 2. The van der Waals surface area contributed by atoms with Gasteiger partial charge >= 0.3 is 0 Å². The number of rotatable bonds is 4. The Hall–Kier alpha value is -4.27. The Balaban J connectivity index is 1.65. The second kappa shape index (κ2) is 7.77. The molecular weight excluding hydrogens is 375 g/mol. The molecule has 0 aliphatic rings. The first-order chi connectivity index (χ1) is 14.1. The number of nitrogens with zero attached hydrogens (tertiary/aromatic N) is 4. The van der Waals surface area contributed by atoms with Crippen molar-refractivity contribution in [2.75, 3.05) is 0 Å². The average Bonchev–Trinajstić information content (AvgIpc) is 3.42. The summed E-state index contributed by atoms with van der Waals surface area (Å²) in [4.78, 5) is 28.7. The van der Waals surface area contributed by atoms with Crippen LogP contribution < -0.4 is 10.9 Å². The van der Waals surface area contributed by atoms with E-state index in [0.29, 0.717) is 5.82 Å². The number of hydrazine groups is 1. The van der Waals surface area contributed by atoms with E-state index >= 15 is 0 Å². The number of carbonyl (C=O) groups is 2. The molecule has 0 fully saturated rings. The van der Waals surface area contributed by atoms with E-state index in [4.69, 9.17) is 0 Å². The summed E-state index contributed by atoms with van der Waals surface area (Å²) in [6.07, 6.45) is 6.19. The van der Waals surface area contributed by atoms with Crippen LogP contribution in [0.25, 0.3) is 11.5 Å². The van der Waals surface area contributed by atoms with Gasteiger partial charge in [0, 0.05) is 18.6 Å². The number of hydrogen-bond acceptors (Lipinski definition) is 4. The monoisotopic (exact) mass is 390 g/mol. The van der Waals surface area contributed by atoms with Crippen LogP contribution in [-0.2, 0) is 0 Å². The van der Waals surface area contributed by atoms with E-state index in [0.717, 1.165) is 0 Å². The van der Waals surface area contributed by atoms with Crippen LogP contribution in [0, 0.1) is 5.82 Å². The third-order valence-electron chi connectivity index (χ3n) is 4.11. The molecule has 9 heteroatoms. The van der Waals surface area contributed by atoms with Gasteiger partial charge in [-0.05, 0) is 36.4 Å². The maximum Gasteiger partial charge on any atom is 0.288 e. The normalized spacial score (nSPS) is 10.5. The van der Waals surface area contributed by atoms with Crippen molar-refractivity contribution < 1.29 is 14.0 Å². The van der Waals surface area contributed by atoms with Crippen molar-refractivity contribution >= 4 is 11.8 Å². The van der Waals surface area contributed by atoms with Crippen molar-refractivity contribution in [3.8, 4) is 11.5 Å². The highest BCUT2D eigenvalue weighted by Gasteiger charge is 2.21. The summed E-state index contributed by atoms with van der Waals surface area (Å²) in [6, 6.07) is 14.5. The summed E-state index contributed by atoms with van der Waals surface area (Å²) < 4.78 is 17.3. The van der Waals surface area contributed by atoms with Crippen molar-refractivity contribution in [1.82, 2.24) is 30.2 Å². The Morgan fingerprint density at radius 2 is 1.62 bits per heavy atom. The molecule has 0 bridgehead atoms. The largest absolute Gasteiger partial charge is 0.308 e. The quantitative estimate of drug-likeness (QED) is 0.523. The zero-order valence-electron chi connectivity index (χ0n) is 15.0. The fourth-order valence-corrected chi connectivity index (χ4v) is 2.77. The molecule has 2 amide bonds. The molecule has 2 N–H and O–H groups in total. The molecule has 29 heavy (non-hydrogen) atoms. The topological polar surface area (TPSA) is 93.8 Å². The lowest BCUT2D eigenvalue weighted by molar-refractivity contribution is 0.0844. The van der Waals surface area contributed by atoms with Gasteiger partial charge in [-0.3, -0.25) is 25.4 Å². The van der Waals surface area contributed by atoms with Crippen LogP contribution in [0.2, 0.25) is 0 Å². The number of hydrogen-bond donors (Lipinski definition) is 2. The SMILES string of the molecule is O=C(NNC(=O)c1cnn(-c2ccccc2F)c1-n1cccc1)c1ccccn1. The van der Waals surface area contributed by atoms with Gasteiger partial charge in [0.2, 0.25) is 0 Å². The highest BCUT2D eigenvalue weighted by molar-refractivity contribution is 6.00. The van der Waals surface area contributed by atoms with E-state index in [2.05, 4.69) is 20.9 Å². The standard InChI is InChI=1S/C20H15FN6O2/c21-15-7-1-2-9-17(15)27-20(26-11-5-6-12-26)14(13-23-27)18(28)24-25-19(29)16-8-3-4-10-22-16/h1-13H,(H,24,28)(H,25,29). The average molecular weight is 390 g/mol. The van der Waals surface area contributed by atoms with E-state index in [1.165, 1.54) is 29.2 Å². The zero-order chi connectivity index (χ0) is 20.2. The molecule has 0 spiro atoms. The van der Waals surface area contributed by atoms with Crippen molar-refractivity contribution in [3.05, 3.63) is 96.5 Å². The second-order valence-electron chi connectivity index (χ2n) is 5.96. The Kier molecular flexibility index (Phi) is 4.85. The molecule has 4 rings (SSSR count). The summed E-state index contributed by atoms with van der Waals surface area (Å²) >= 11 is 0. The fraction of sp³-hybridized carbons (Fsp3) is 0. The molecule has 0 unspecified atom stereocenters. The second-order valence-corrected chi connectivity index (χ2v) is 5.96. The fourth-order valence-electron chi connectivity index (χ4n) is 2.77. The first-order valence-corrected chi connectivity index (χ1v) is 8.63. The highest BCUT2D eigenvalue weighted by Crippen LogP contribution is 2.21. The number of carbonyl (C=O) groups excluding carboxylic acids is 2. The third kappa shape index (κ3) is 3.61. The highest BCUT2D eigenvalue weighted by atomic mass is 19.1. The van der Waals surface area contributed by atoms with Crippen LogP contribution in [0.4, 0.5) is 4.39 Å². The van der Waals surface area contributed by atoms with Gasteiger partial charge in [-0.1, -0.05) is 18.2 Å². The van der Waals surface area contributed by atoms with Crippen molar-refractivity contribution in [3.63, 3.8) is 0 Å². The number of benzene rings is 1. The Morgan fingerprint density at radius 3 is 2.34 bits per heavy atom. The molecule has 8 nitrogen and oxygen atoms in total. The Morgan fingerprint density at radius 1 is 0.897 bits per heavy atom. The molecule has 3 heterocycles. The number of halogens is 1. The minimum atomic E-state index is -0.611. The molecule has 1 aromatic carbocycles. The molecular formula is C20H15FN6O2. The van der Waals surface area contributed by atoms with Crippen LogP contribution in [0.3, 0.4) is 0 Å². The van der Waals surface area contributed by atoms with Gasteiger partial charge in [0.25, 0.3) is 11.8 Å². The van der Waals surface area contributed by atoms with E-state index in [-0.39, 0.29) is 16.9 Å². The van der Waals surface area contributed by atoms with E-state index < -0.39 is 17.6 Å². The lowest BCUT2D eigenvalue weighted by atomic mass is 10.2. The minimum Gasteiger partial charge on any atom is -0.308 e. The van der Waals surface area contributed by atoms with Crippen LogP contribution in [-0.4, -0.2) is 31.1 Å². The molecule has 3 aromatic heterocycles. The first kappa shape index (κ1) is 18.1.